The predicted octanol–water partition coefficient (Wildman–Crippen LogP) is 0.138. The smallest absolute Gasteiger partial charge is 0.275 e. The van der Waals surface area contributed by atoms with Gasteiger partial charge >= 0.3 is 0 Å². The van der Waals surface area contributed by atoms with E-state index in [-0.39, 0.29) is 24.2 Å². The quantitative estimate of drug-likeness (QED) is 0.606. The molecule has 1 aliphatic heterocycles. The number of hydrogen-bond donors (Lipinski definition) is 4. The number of aliphatic hydroxyl groups excluding tert-OH is 1. The standard InChI is InChI=1S/C11H14N4O3/c16-4-6-1-2-8(15(6)18)7-3-12-10-9(7)13-5-14-11(10)17/h3,5-6,8,12,16,18H,1-2,4H2,(H,13,14,17). The van der Waals surface area contributed by atoms with Crippen molar-refractivity contribution in [1.82, 2.24) is 20.0 Å². The average Bonchev–Trinajstić information content (AvgIpc) is 2.93. The van der Waals surface area contributed by atoms with Gasteiger partial charge in [0.15, 0.2) is 0 Å². The van der Waals surface area contributed by atoms with Crippen LogP contribution in [0.15, 0.2) is 17.3 Å². The highest BCUT2D eigenvalue weighted by Crippen LogP contribution is 2.36. The maximum atomic E-state index is 11.6. The van der Waals surface area contributed by atoms with Crippen molar-refractivity contribution in [2.45, 2.75) is 24.9 Å². The van der Waals surface area contributed by atoms with Gasteiger partial charge in [0.2, 0.25) is 0 Å². The summed E-state index contributed by atoms with van der Waals surface area (Å²) in [5.41, 5.74) is 1.54. The molecular formula is C11H14N4O3. The Bertz CT molecular complexity index is 620. The van der Waals surface area contributed by atoms with Gasteiger partial charge in [0.05, 0.1) is 25.0 Å². The summed E-state index contributed by atoms with van der Waals surface area (Å²) in [6.45, 7) is -0.0800. The van der Waals surface area contributed by atoms with E-state index in [0.29, 0.717) is 17.5 Å². The van der Waals surface area contributed by atoms with Crippen molar-refractivity contribution in [3.63, 3.8) is 0 Å². The molecule has 1 aliphatic rings. The largest absolute Gasteiger partial charge is 0.395 e. The van der Waals surface area contributed by atoms with E-state index in [2.05, 4.69) is 15.0 Å². The SMILES string of the molecule is O=c1[nH]cnc2c(C3CCC(CO)N3O)c[nH]c12. The number of fused-ring (bicyclic) bond motifs is 1. The van der Waals surface area contributed by atoms with E-state index in [0.717, 1.165) is 17.0 Å². The molecule has 2 unspecified atom stereocenters. The topological polar surface area (TPSA) is 105 Å². The first-order valence-electron chi connectivity index (χ1n) is 5.85. The maximum absolute atomic E-state index is 11.6. The fraction of sp³-hybridized carbons (Fsp3) is 0.455. The van der Waals surface area contributed by atoms with Crippen molar-refractivity contribution in [3.05, 3.63) is 28.4 Å². The first-order valence-corrected chi connectivity index (χ1v) is 5.85. The number of nitrogens with zero attached hydrogens (tertiary/aromatic N) is 2. The number of hydrogen-bond acceptors (Lipinski definition) is 5. The number of aliphatic hydroxyl groups is 1. The molecule has 3 heterocycles. The van der Waals surface area contributed by atoms with Gasteiger partial charge in [-0.3, -0.25) is 4.79 Å². The molecule has 2 atom stereocenters. The molecule has 1 saturated heterocycles. The number of aromatic amines is 2. The van der Waals surface area contributed by atoms with Crippen molar-refractivity contribution in [3.8, 4) is 0 Å². The van der Waals surface area contributed by atoms with Crippen molar-refractivity contribution < 1.29 is 10.3 Å². The Hall–Kier alpha value is -1.70. The summed E-state index contributed by atoms with van der Waals surface area (Å²) in [6, 6.07) is -0.479. The maximum Gasteiger partial charge on any atom is 0.275 e. The minimum Gasteiger partial charge on any atom is -0.395 e. The summed E-state index contributed by atoms with van der Waals surface area (Å²) in [5.74, 6) is 0. The predicted molar refractivity (Wildman–Crippen MR) is 63.2 cm³/mol. The van der Waals surface area contributed by atoms with Crippen LogP contribution in [0, 0.1) is 0 Å². The van der Waals surface area contributed by atoms with Crippen LogP contribution in [0.4, 0.5) is 0 Å². The van der Waals surface area contributed by atoms with Crippen LogP contribution in [0.2, 0.25) is 0 Å². The van der Waals surface area contributed by atoms with Gasteiger partial charge in [-0.25, -0.2) is 4.98 Å². The van der Waals surface area contributed by atoms with Gasteiger partial charge in [0, 0.05) is 11.8 Å². The van der Waals surface area contributed by atoms with E-state index in [9.17, 15) is 10.0 Å². The summed E-state index contributed by atoms with van der Waals surface area (Å²) in [4.78, 5) is 21.1. The van der Waals surface area contributed by atoms with Gasteiger partial charge in [0.25, 0.3) is 5.56 Å². The van der Waals surface area contributed by atoms with Gasteiger partial charge in [-0.1, -0.05) is 0 Å². The van der Waals surface area contributed by atoms with E-state index < -0.39 is 0 Å². The number of hydroxylamine groups is 2. The van der Waals surface area contributed by atoms with E-state index in [4.69, 9.17) is 5.11 Å². The highest BCUT2D eigenvalue weighted by atomic mass is 16.5. The summed E-state index contributed by atoms with van der Waals surface area (Å²) in [7, 11) is 0. The molecule has 0 radical (unpaired) electrons. The minimum atomic E-state index is -0.248. The zero-order valence-electron chi connectivity index (χ0n) is 9.63. The summed E-state index contributed by atoms with van der Waals surface area (Å²) < 4.78 is 0. The molecule has 0 saturated carbocycles. The van der Waals surface area contributed by atoms with Gasteiger partial charge < -0.3 is 20.3 Å². The van der Waals surface area contributed by atoms with Crippen molar-refractivity contribution in [2.75, 3.05) is 6.61 Å². The molecule has 3 rings (SSSR count). The van der Waals surface area contributed by atoms with Crippen molar-refractivity contribution >= 4 is 11.0 Å². The fourth-order valence-corrected chi connectivity index (χ4v) is 2.57. The Morgan fingerprint density at radius 3 is 3.00 bits per heavy atom. The molecule has 7 heteroatoms. The Kier molecular flexibility index (Phi) is 2.66. The lowest BCUT2D eigenvalue weighted by atomic mass is 10.1. The van der Waals surface area contributed by atoms with Crippen LogP contribution < -0.4 is 5.56 Å². The molecule has 4 N–H and O–H groups in total. The van der Waals surface area contributed by atoms with E-state index >= 15 is 0 Å². The van der Waals surface area contributed by atoms with E-state index in [1.807, 2.05) is 0 Å². The lowest BCUT2D eigenvalue weighted by molar-refractivity contribution is -0.143. The molecule has 2 aromatic rings. The van der Waals surface area contributed by atoms with Gasteiger partial charge in [-0.05, 0) is 12.8 Å². The third kappa shape index (κ3) is 1.56. The van der Waals surface area contributed by atoms with Crippen LogP contribution >= 0.6 is 0 Å². The first kappa shape index (κ1) is 11.4. The Morgan fingerprint density at radius 2 is 2.28 bits per heavy atom. The highest BCUT2D eigenvalue weighted by Gasteiger charge is 2.34. The number of H-pyrrole nitrogens is 2. The number of aromatic nitrogens is 3. The molecule has 96 valence electrons. The summed E-state index contributed by atoms with van der Waals surface area (Å²) in [5, 5.41) is 20.3. The molecule has 0 aromatic carbocycles. The molecule has 2 aromatic heterocycles. The van der Waals surface area contributed by atoms with Crippen molar-refractivity contribution in [2.24, 2.45) is 0 Å². The Labute approximate surface area is 102 Å². The fourth-order valence-electron chi connectivity index (χ4n) is 2.57. The average molecular weight is 250 g/mol. The summed E-state index contributed by atoms with van der Waals surface area (Å²) >= 11 is 0. The Morgan fingerprint density at radius 1 is 1.44 bits per heavy atom. The molecule has 0 aliphatic carbocycles. The van der Waals surface area contributed by atoms with Crippen LogP contribution in [0.5, 0.6) is 0 Å². The zero-order chi connectivity index (χ0) is 12.7. The Balaban J connectivity index is 2.06. The van der Waals surface area contributed by atoms with Gasteiger partial charge in [-0.2, -0.15) is 5.06 Å². The van der Waals surface area contributed by atoms with Crippen molar-refractivity contribution in [1.29, 1.82) is 0 Å². The lowest BCUT2D eigenvalue weighted by Gasteiger charge is -2.21. The molecule has 18 heavy (non-hydrogen) atoms. The van der Waals surface area contributed by atoms with Gasteiger partial charge in [0.1, 0.15) is 11.0 Å². The van der Waals surface area contributed by atoms with Crippen LogP contribution in [-0.4, -0.2) is 43.0 Å². The molecule has 0 amide bonds. The third-order valence-corrected chi connectivity index (χ3v) is 3.54. The molecule has 7 nitrogen and oxygen atoms in total. The first-order chi connectivity index (χ1) is 8.72. The molecule has 0 bridgehead atoms. The number of nitrogens with one attached hydrogen (secondary N) is 2. The second-order valence-corrected chi connectivity index (χ2v) is 4.51. The van der Waals surface area contributed by atoms with E-state index in [1.165, 1.54) is 6.33 Å². The van der Waals surface area contributed by atoms with Gasteiger partial charge in [-0.15, -0.1) is 0 Å². The third-order valence-electron chi connectivity index (χ3n) is 3.54. The summed E-state index contributed by atoms with van der Waals surface area (Å²) in [6.07, 6.45) is 4.49. The second-order valence-electron chi connectivity index (χ2n) is 4.51. The molecule has 0 spiro atoms. The van der Waals surface area contributed by atoms with Crippen LogP contribution in [-0.2, 0) is 0 Å². The number of rotatable bonds is 2. The normalized spacial score (nSPS) is 25.0. The highest BCUT2D eigenvalue weighted by molar-refractivity contribution is 5.78. The minimum absolute atomic E-state index is 0.0800. The lowest BCUT2D eigenvalue weighted by Crippen LogP contribution is -2.30. The van der Waals surface area contributed by atoms with Crippen LogP contribution in [0.3, 0.4) is 0 Å². The zero-order valence-corrected chi connectivity index (χ0v) is 9.63. The molecular weight excluding hydrogens is 236 g/mol. The second kappa shape index (κ2) is 4.20. The monoisotopic (exact) mass is 250 g/mol. The molecule has 1 fully saturated rings. The van der Waals surface area contributed by atoms with Crippen LogP contribution in [0.25, 0.3) is 11.0 Å². The van der Waals surface area contributed by atoms with Crippen LogP contribution in [0.1, 0.15) is 24.4 Å². The van der Waals surface area contributed by atoms with E-state index in [1.54, 1.807) is 6.20 Å².